The minimum atomic E-state index is 0.399. The van der Waals surface area contributed by atoms with Gasteiger partial charge in [0.25, 0.3) is 0 Å². The Balaban J connectivity index is 2.39. The quantitative estimate of drug-likeness (QED) is 0.672. The summed E-state index contributed by atoms with van der Waals surface area (Å²) in [6, 6.07) is 0.399. The maximum absolute atomic E-state index is 4.08. The van der Waals surface area contributed by atoms with Gasteiger partial charge in [-0.25, -0.2) is 4.68 Å². The third-order valence-electron chi connectivity index (χ3n) is 2.99. The Labute approximate surface area is 104 Å². The molecule has 1 N–H and O–H groups in total. The molecular weight excluding hydrogens is 214 g/mol. The molecule has 1 unspecified atom stereocenters. The van der Waals surface area contributed by atoms with E-state index in [0.717, 1.165) is 25.3 Å². The van der Waals surface area contributed by atoms with Gasteiger partial charge in [0.1, 0.15) is 0 Å². The molecule has 1 aromatic rings. The first-order valence-corrected chi connectivity index (χ1v) is 6.77. The number of hydrogen-bond donors (Lipinski definition) is 1. The van der Waals surface area contributed by atoms with Gasteiger partial charge in [-0.05, 0) is 30.3 Å². The van der Waals surface area contributed by atoms with Crippen molar-refractivity contribution in [2.75, 3.05) is 6.54 Å². The summed E-state index contributed by atoms with van der Waals surface area (Å²) in [6.07, 6.45) is 6.34. The number of rotatable bonds is 9. The van der Waals surface area contributed by atoms with Gasteiger partial charge < -0.3 is 5.32 Å². The Kier molecular flexibility index (Phi) is 6.77. The molecule has 17 heavy (non-hydrogen) atoms. The van der Waals surface area contributed by atoms with E-state index in [-0.39, 0.29) is 0 Å². The summed E-state index contributed by atoms with van der Waals surface area (Å²) in [7, 11) is 0. The van der Waals surface area contributed by atoms with Crippen molar-refractivity contribution in [2.24, 2.45) is 0 Å². The molecule has 5 heteroatoms. The van der Waals surface area contributed by atoms with Gasteiger partial charge in [-0.3, -0.25) is 0 Å². The molecule has 1 atom stereocenters. The first-order chi connectivity index (χ1) is 8.29. The molecule has 0 bridgehead atoms. The summed E-state index contributed by atoms with van der Waals surface area (Å²) in [5.74, 6) is 0.940. The highest BCUT2D eigenvalue weighted by Gasteiger charge is 2.11. The van der Waals surface area contributed by atoms with E-state index in [9.17, 15) is 0 Å². The first-order valence-electron chi connectivity index (χ1n) is 6.77. The van der Waals surface area contributed by atoms with Crippen molar-refractivity contribution in [3.05, 3.63) is 5.82 Å². The fourth-order valence-electron chi connectivity index (χ4n) is 1.90. The van der Waals surface area contributed by atoms with Gasteiger partial charge in [0.15, 0.2) is 5.82 Å². The Hall–Kier alpha value is -0.970. The molecule has 1 aromatic heterocycles. The van der Waals surface area contributed by atoms with Crippen LogP contribution >= 0.6 is 0 Å². The van der Waals surface area contributed by atoms with E-state index in [1.807, 2.05) is 4.68 Å². The monoisotopic (exact) mass is 239 g/mol. The SMILES string of the molecule is CCCCCCC(C)n1nnnc1CNCC. The van der Waals surface area contributed by atoms with Crippen molar-refractivity contribution in [1.29, 1.82) is 0 Å². The molecule has 0 aliphatic heterocycles. The van der Waals surface area contributed by atoms with E-state index >= 15 is 0 Å². The van der Waals surface area contributed by atoms with Crippen LogP contribution in [-0.2, 0) is 6.54 Å². The van der Waals surface area contributed by atoms with Crippen molar-refractivity contribution >= 4 is 0 Å². The smallest absolute Gasteiger partial charge is 0.165 e. The lowest BCUT2D eigenvalue weighted by molar-refractivity contribution is 0.409. The van der Waals surface area contributed by atoms with E-state index in [1.165, 1.54) is 25.7 Å². The lowest BCUT2D eigenvalue weighted by Crippen LogP contribution is -2.19. The number of nitrogens with zero attached hydrogens (tertiary/aromatic N) is 4. The number of tetrazole rings is 1. The summed E-state index contributed by atoms with van der Waals surface area (Å²) in [5, 5.41) is 15.2. The van der Waals surface area contributed by atoms with Gasteiger partial charge in [-0.1, -0.05) is 39.5 Å². The molecule has 1 heterocycles. The van der Waals surface area contributed by atoms with Gasteiger partial charge in [0.05, 0.1) is 12.6 Å². The summed E-state index contributed by atoms with van der Waals surface area (Å²) >= 11 is 0. The lowest BCUT2D eigenvalue weighted by Gasteiger charge is -2.13. The van der Waals surface area contributed by atoms with Crippen molar-refractivity contribution in [1.82, 2.24) is 25.5 Å². The maximum Gasteiger partial charge on any atom is 0.165 e. The number of nitrogens with one attached hydrogen (secondary N) is 1. The summed E-state index contributed by atoms with van der Waals surface area (Å²) in [5.41, 5.74) is 0. The molecule has 0 aliphatic rings. The number of unbranched alkanes of at least 4 members (excludes halogenated alkanes) is 3. The van der Waals surface area contributed by atoms with Crippen molar-refractivity contribution < 1.29 is 0 Å². The lowest BCUT2D eigenvalue weighted by atomic mass is 10.1. The zero-order chi connectivity index (χ0) is 12.5. The molecule has 0 aromatic carbocycles. The first kappa shape index (κ1) is 14.1. The standard InChI is InChI=1S/C12H25N5/c1-4-6-7-8-9-11(3)17-12(10-13-5-2)14-15-16-17/h11,13H,4-10H2,1-3H3. The molecule has 0 saturated carbocycles. The van der Waals surface area contributed by atoms with Crippen LogP contribution in [0.1, 0.15) is 64.7 Å². The highest BCUT2D eigenvalue weighted by molar-refractivity contribution is 4.82. The molecule has 1 rings (SSSR count). The van der Waals surface area contributed by atoms with E-state index in [0.29, 0.717) is 6.04 Å². The highest BCUT2D eigenvalue weighted by atomic mass is 15.6. The van der Waals surface area contributed by atoms with Gasteiger partial charge in [0, 0.05) is 0 Å². The normalized spacial score (nSPS) is 12.9. The summed E-state index contributed by atoms with van der Waals surface area (Å²) in [6.45, 7) is 8.21. The molecule has 0 spiro atoms. The van der Waals surface area contributed by atoms with Gasteiger partial charge in [-0.2, -0.15) is 0 Å². The number of aromatic nitrogens is 4. The zero-order valence-electron chi connectivity index (χ0n) is 11.3. The van der Waals surface area contributed by atoms with Crippen LogP contribution in [0.4, 0.5) is 0 Å². The van der Waals surface area contributed by atoms with Crippen LogP contribution < -0.4 is 5.32 Å². The largest absolute Gasteiger partial charge is 0.310 e. The maximum atomic E-state index is 4.08. The van der Waals surface area contributed by atoms with Gasteiger partial charge >= 0.3 is 0 Å². The van der Waals surface area contributed by atoms with Crippen LogP contribution in [0, 0.1) is 0 Å². The zero-order valence-corrected chi connectivity index (χ0v) is 11.3. The van der Waals surface area contributed by atoms with Crippen LogP contribution in [0.15, 0.2) is 0 Å². The molecule has 0 saturated heterocycles. The second kappa shape index (κ2) is 8.17. The third kappa shape index (κ3) is 4.81. The van der Waals surface area contributed by atoms with Crippen molar-refractivity contribution in [3.63, 3.8) is 0 Å². The Morgan fingerprint density at radius 2 is 2.06 bits per heavy atom. The predicted molar refractivity (Wildman–Crippen MR) is 68.7 cm³/mol. The topological polar surface area (TPSA) is 55.6 Å². The van der Waals surface area contributed by atoms with Crippen LogP contribution in [0.25, 0.3) is 0 Å². The molecule has 98 valence electrons. The molecular formula is C12H25N5. The molecule has 0 amide bonds. The fourth-order valence-corrected chi connectivity index (χ4v) is 1.90. The minimum absolute atomic E-state index is 0.399. The van der Waals surface area contributed by atoms with E-state index in [1.54, 1.807) is 0 Å². The van der Waals surface area contributed by atoms with Crippen molar-refractivity contribution in [3.8, 4) is 0 Å². The Morgan fingerprint density at radius 3 is 2.76 bits per heavy atom. The fraction of sp³-hybridized carbons (Fsp3) is 0.917. The Bertz CT molecular complexity index is 297. The number of hydrogen-bond acceptors (Lipinski definition) is 4. The molecule has 0 radical (unpaired) electrons. The second-order valence-electron chi connectivity index (χ2n) is 4.52. The molecule has 5 nitrogen and oxygen atoms in total. The predicted octanol–water partition coefficient (Wildman–Crippen LogP) is 2.31. The van der Waals surface area contributed by atoms with E-state index in [4.69, 9.17) is 0 Å². The minimum Gasteiger partial charge on any atom is -0.310 e. The average Bonchev–Trinajstić information content (AvgIpc) is 2.80. The molecule has 0 aliphatic carbocycles. The van der Waals surface area contributed by atoms with Crippen molar-refractivity contribution in [2.45, 2.75) is 65.5 Å². The second-order valence-corrected chi connectivity index (χ2v) is 4.52. The summed E-state index contributed by atoms with van der Waals surface area (Å²) < 4.78 is 1.95. The summed E-state index contributed by atoms with van der Waals surface area (Å²) in [4.78, 5) is 0. The third-order valence-corrected chi connectivity index (χ3v) is 2.99. The van der Waals surface area contributed by atoms with Crippen LogP contribution in [-0.4, -0.2) is 26.8 Å². The average molecular weight is 239 g/mol. The van der Waals surface area contributed by atoms with Gasteiger partial charge in [0.2, 0.25) is 0 Å². The highest BCUT2D eigenvalue weighted by Crippen LogP contribution is 2.15. The van der Waals surface area contributed by atoms with E-state index < -0.39 is 0 Å². The van der Waals surface area contributed by atoms with Gasteiger partial charge in [-0.15, -0.1) is 5.10 Å². The van der Waals surface area contributed by atoms with Crippen LogP contribution in [0.5, 0.6) is 0 Å². The van der Waals surface area contributed by atoms with E-state index in [2.05, 4.69) is 41.6 Å². The van der Waals surface area contributed by atoms with Crippen LogP contribution in [0.2, 0.25) is 0 Å². The molecule has 0 fully saturated rings. The Morgan fingerprint density at radius 1 is 1.24 bits per heavy atom. The van der Waals surface area contributed by atoms with Crippen LogP contribution in [0.3, 0.4) is 0 Å².